The molecule has 1 saturated heterocycles. The summed E-state index contributed by atoms with van der Waals surface area (Å²) in [5.74, 6) is 0.884. The van der Waals surface area contributed by atoms with Crippen LogP contribution in [0.4, 0.5) is 5.69 Å². The van der Waals surface area contributed by atoms with E-state index in [0.717, 1.165) is 24.5 Å². The molecule has 5 nitrogen and oxygen atoms in total. The van der Waals surface area contributed by atoms with Gasteiger partial charge in [-0.3, -0.25) is 4.79 Å². The summed E-state index contributed by atoms with van der Waals surface area (Å²) in [7, 11) is 1.67. The van der Waals surface area contributed by atoms with Gasteiger partial charge >= 0.3 is 0 Å². The Morgan fingerprint density at radius 3 is 2.76 bits per heavy atom. The monoisotopic (exact) mass is 303 g/mol. The molecule has 2 heterocycles. The average molecular weight is 303 g/mol. The van der Waals surface area contributed by atoms with Gasteiger partial charge in [-0.25, -0.2) is 4.98 Å². The van der Waals surface area contributed by atoms with Crippen LogP contribution in [0.3, 0.4) is 0 Å². The van der Waals surface area contributed by atoms with Crippen molar-refractivity contribution < 1.29 is 9.53 Å². The van der Waals surface area contributed by atoms with E-state index < -0.39 is 0 Å². The maximum absolute atomic E-state index is 12.2. The number of hydrogen-bond donors (Lipinski definition) is 0. The van der Waals surface area contributed by atoms with E-state index in [1.807, 2.05) is 23.1 Å². The van der Waals surface area contributed by atoms with Crippen LogP contribution >= 0.6 is 11.3 Å². The third-order valence-corrected chi connectivity index (χ3v) is 4.22. The van der Waals surface area contributed by atoms with Crippen LogP contribution in [0.25, 0.3) is 0 Å². The summed E-state index contributed by atoms with van der Waals surface area (Å²) >= 11 is 1.45. The fourth-order valence-electron chi connectivity index (χ4n) is 2.46. The van der Waals surface area contributed by atoms with Gasteiger partial charge in [0.2, 0.25) is 0 Å². The molecule has 1 aliphatic rings. The lowest BCUT2D eigenvalue weighted by molar-refractivity contribution is 0.0741. The molecule has 0 atom stereocenters. The first-order chi connectivity index (χ1) is 10.3. The van der Waals surface area contributed by atoms with Crippen molar-refractivity contribution in [3.8, 4) is 5.75 Å². The van der Waals surface area contributed by atoms with Crippen molar-refractivity contribution in [3.63, 3.8) is 0 Å². The second-order valence-electron chi connectivity index (χ2n) is 4.85. The van der Waals surface area contributed by atoms with Crippen LogP contribution in [0.2, 0.25) is 0 Å². The highest BCUT2D eigenvalue weighted by molar-refractivity contribution is 7.07. The first-order valence-corrected chi connectivity index (χ1v) is 7.78. The van der Waals surface area contributed by atoms with Gasteiger partial charge in [0.15, 0.2) is 0 Å². The van der Waals surface area contributed by atoms with Crippen LogP contribution in [0.1, 0.15) is 10.5 Å². The highest BCUT2D eigenvalue weighted by atomic mass is 32.1. The molecule has 1 aromatic heterocycles. The molecule has 110 valence electrons. The van der Waals surface area contributed by atoms with Gasteiger partial charge in [0.05, 0.1) is 12.6 Å². The van der Waals surface area contributed by atoms with Gasteiger partial charge in [-0.1, -0.05) is 6.07 Å². The normalized spacial score (nSPS) is 15.1. The smallest absolute Gasteiger partial charge is 0.273 e. The average Bonchev–Trinajstić information content (AvgIpc) is 3.09. The van der Waals surface area contributed by atoms with E-state index in [9.17, 15) is 4.79 Å². The number of amides is 1. The highest BCUT2D eigenvalue weighted by Gasteiger charge is 2.23. The number of benzene rings is 1. The highest BCUT2D eigenvalue weighted by Crippen LogP contribution is 2.22. The van der Waals surface area contributed by atoms with Gasteiger partial charge in [-0.05, 0) is 12.1 Å². The number of thiazole rings is 1. The lowest BCUT2D eigenvalue weighted by Gasteiger charge is -2.35. The molecule has 6 heteroatoms. The molecule has 21 heavy (non-hydrogen) atoms. The van der Waals surface area contributed by atoms with Crippen LogP contribution in [-0.4, -0.2) is 49.1 Å². The lowest BCUT2D eigenvalue weighted by Crippen LogP contribution is -2.48. The minimum Gasteiger partial charge on any atom is -0.497 e. The predicted molar refractivity (Wildman–Crippen MR) is 83.2 cm³/mol. The number of nitrogens with zero attached hydrogens (tertiary/aromatic N) is 3. The summed E-state index contributed by atoms with van der Waals surface area (Å²) in [5.41, 5.74) is 3.38. The first kappa shape index (κ1) is 13.9. The number of carbonyl (C=O) groups is 1. The number of rotatable bonds is 3. The predicted octanol–water partition coefficient (Wildman–Crippen LogP) is 2.11. The Balaban J connectivity index is 1.63. The summed E-state index contributed by atoms with van der Waals surface area (Å²) in [6.45, 7) is 3.08. The molecule has 0 N–H and O–H groups in total. The minimum atomic E-state index is 0.0292. The zero-order valence-electron chi connectivity index (χ0n) is 11.9. The molecule has 1 fully saturated rings. The van der Waals surface area contributed by atoms with Crippen molar-refractivity contribution in [2.75, 3.05) is 38.2 Å². The van der Waals surface area contributed by atoms with Crippen molar-refractivity contribution in [2.45, 2.75) is 0 Å². The number of aromatic nitrogens is 1. The molecular formula is C15H17N3O2S. The Kier molecular flexibility index (Phi) is 4.06. The van der Waals surface area contributed by atoms with E-state index in [1.54, 1.807) is 18.0 Å². The molecule has 1 amide bonds. The summed E-state index contributed by atoms with van der Waals surface area (Å²) in [6, 6.07) is 8.02. The number of hydrogen-bond acceptors (Lipinski definition) is 5. The SMILES string of the molecule is COc1cccc(N2CCN(C(=O)c3cscn3)CC2)c1. The second-order valence-corrected chi connectivity index (χ2v) is 5.57. The van der Waals surface area contributed by atoms with Gasteiger partial charge in [0.25, 0.3) is 5.91 Å². The summed E-state index contributed by atoms with van der Waals surface area (Å²) in [6.07, 6.45) is 0. The maximum atomic E-state index is 12.2. The van der Waals surface area contributed by atoms with Gasteiger partial charge < -0.3 is 14.5 Å². The van der Waals surface area contributed by atoms with E-state index in [4.69, 9.17) is 4.74 Å². The Bertz CT molecular complexity index is 607. The number of methoxy groups -OCH3 is 1. The van der Waals surface area contributed by atoms with E-state index in [0.29, 0.717) is 18.8 Å². The zero-order valence-corrected chi connectivity index (χ0v) is 12.7. The number of anilines is 1. The molecule has 0 unspecified atom stereocenters. The molecule has 1 aromatic carbocycles. The van der Waals surface area contributed by atoms with Crippen molar-refractivity contribution in [1.82, 2.24) is 9.88 Å². The van der Waals surface area contributed by atoms with Crippen molar-refractivity contribution in [1.29, 1.82) is 0 Å². The number of carbonyl (C=O) groups excluding carboxylic acids is 1. The van der Waals surface area contributed by atoms with Crippen LogP contribution in [0.15, 0.2) is 35.2 Å². The van der Waals surface area contributed by atoms with E-state index in [-0.39, 0.29) is 5.91 Å². The molecule has 3 rings (SSSR count). The largest absolute Gasteiger partial charge is 0.497 e. The third kappa shape index (κ3) is 3.00. The van der Waals surface area contributed by atoms with Crippen molar-refractivity contribution in [2.24, 2.45) is 0 Å². The van der Waals surface area contributed by atoms with E-state index >= 15 is 0 Å². The molecule has 0 radical (unpaired) electrons. The molecule has 2 aromatic rings. The second kappa shape index (κ2) is 6.13. The summed E-state index contributed by atoms with van der Waals surface area (Å²) in [4.78, 5) is 20.5. The summed E-state index contributed by atoms with van der Waals surface area (Å²) < 4.78 is 5.26. The number of piperazine rings is 1. The van der Waals surface area contributed by atoms with Gasteiger partial charge in [-0.2, -0.15) is 0 Å². The zero-order chi connectivity index (χ0) is 14.7. The fraction of sp³-hybridized carbons (Fsp3) is 0.333. The Morgan fingerprint density at radius 2 is 2.10 bits per heavy atom. The third-order valence-electron chi connectivity index (χ3n) is 3.64. The molecule has 1 aliphatic heterocycles. The molecule has 0 saturated carbocycles. The van der Waals surface area contributed by atoms with Crippen LogP contribution < -0.4 is 9.64 Å². The standard InChI is InChI=1S/C15H17N3O2S/c1-20-13-4-2-3-12(9-13)17-5-7-18(8-6-17)15(19)14-10-21-11-16-14/h2-4,9-11H,5-8H2,1H3. The lowest BCUT2D eigenvalue weighted by atomic mass is 10.2. The Morgan fingerprint density at radius 1 is 1.29 bits per heavy atom. The fourth-order valence-corrected chi connectivity index (χ4v) is 2.98. The van der Waals surface area contributed by atoms with Crippen LogP contribution in [0, 0.1) is 0 Å². The van der Waals surface area contributed by atoms with Crippen LogP contribution in [-0.2, 0) is 0 Å². The first-order valence-electron chi connectivity index (χ1n) is 6.84. The van der Waals surface area contributed by atoms with E-state index in [2.05, 4.69) is 16.0 Å². The Hall–Kier alpha value is -2.08. The molecule has 0 aliphatic carbocycles. The van der Waals surface area contributed by atoms with Crippen molar-refractivity contribution in [3.05, 3.63) is 40.8 Å². The maximum Gasteiger partial charge on any atom is 0.273 e. The van der Waals surface area contributed by atoms with E-state index in [1.165, 1.54) is 11.3 Å². The van der Waals surface area contributed by atoms with Gasteiger partial charge in [0.1, 0.15) is 11.4 Å². The number of ether oxygens (including phenoxy) is 1. The molecular weight excluding hydrogens is 286 g/mol. The quantitative estimate of drug-likeness (QED) is 0.871. The molecule has 0 spiro atoms. The van der Waals surface area contributed by atoms with Crippen LogP contribution in [0.5, 0.6) is 5.75 Å². The van der Waals surface area contributed by atoms with Gasteiger partial charge in [0, 0.05) is 43.3 Å². The van der Waals surface area contributed by atoms with Crippen molar-refractivity contribution >= 4 is 22.9 Å². The summed E-state index contributed by atoms with van der Waals surface area (Å²) in [5, 5.41) is 1.80. The minimum absolute atomic E-state index is 0.0292. The van der Waals surface area contributed by atoms with Gasteiger partial charge in [-0.15, -0.1) is 11.3 Å². The molecule has 0 bridgehead atoms. The topological polar surface area (TPSA) is 45.7 Å². The Labute approximate surface area is 127 Å².